The lowest BCUT2D eigenvalue weighted by Crippen LogP contribution is -2.18. The Balaban J connectivity index is 1.81. The van der Waals surface area contributed by atoms with Gasteiger partial charge in [-0.3, -0.25) is 0 Å². The van der Waals surface area contributed by atoms with Gasteiger partial charge in [-0.25, -0.2) is 4.98 Å². The molecule has 100 valence electrons. The van der Waals surface area contributed by atoms with Gasteiger partial charge in [-0.1, -0.05) is 18.9 Å². The van der Waals surface area contributed by atoms with Gasteiger partial charge in [0.05, 0.1) is 11.0 Å². The van der Waals surface area contributed by atoms with Crippen LogP contribution in [-0.2, 0) is 12.6 Å². The molecule has 2 N–H and O–H groups in total. The van der Waals surface area contributed by atoms with Gasteiger partial charge in [-0.15, -0.1) is 0 Å². The SMILES string of the molecule is Cn1c(C2CCCC2)nc2cc(C3(N)CC3)ccc21. The van der Waals surface area contributed by atoms with Gasteiger partial charge < -0.3 is 10.3 Å². The van der Waals surface area contributed by atoms with Crippen molar-refractivity contribution in [1.82, 2.24) is 9.55 Å². The molecule has 1 heterocycles. The Bertz CT molecular complexity index is 631. The van der Waals surface area contributed by atoms with E-state index in [0.717, 1.165) is 18.4 Å². The van der Waals surface area contributed by atoms with Gasteiger partial charge in [0, 0.05) is 18.5 Å². The third-order valence-corrected chi connectivity index (χ3v) is 5.00. The molecule has 0 aliphatic heterocycles. The Labute approximate surface area is 113 Å². The predicted octanol–water partition coefficient (Wildman–Crippen LogP) is 3.18. The van der Waals surface area contributed by atoms with Gasteiger partial charge >= 0.3 is 0 Å². The molecular formula is C16H21N3. The summed E-state index contributed by atoms with van der Waals surface area (Å²) in [7, 11) is 2.15. The first kappa shape index (κ1) is 11.5. The molecular weight excluding hydrogens is 234 g/mol. The van der Waals surface area contributed by atoms with Gasteiger partial charge in [0.2, 0.25) is 0 Å². The zero-order chi connectivity index (χ0) is 13.0. The van der Waals surface area contributed by atoms with Crippen molar-refractivity contribution in [1.29, 1.82) is 0 Å². The molecule has 0 bridgehead atoms. The molecule has 0 unspecified atom stereocenters. The van der Waals surface area contributed by atoms with Gasteiger partial charge in [-0.05, 0) is 43.4 Å². The summed E-state index contributed by atoms with van der Waals surface area (Å²) in [6.45, 7) is 0. The van der Waals surface area contributed by atoms with Crippen molar-refractivity contribution in [2.75, 3.05) is 0 Å². The standard InChI is InChI=1S/C16H21N3/c1-19-14-7-6-12(16(17)8-9-16)10-13(14)18-15(19)11-4-2-3-5-11/h6-7,10-11H,2-5,8-9,17H2,1H3. The summed E-state index contributed by atoms with van der Waals surface area (Å²) in [5, 5.41) is 0. The van der Waals surface area contributed by atoms with Crippen LogP contribution in [0, 0.1) is 0 Å². The van der Waals surface area contributed by atoms with Crippen molar-refractivity contribution >= 4 is 11.0 Å². The van der Waals surface area contributed by atoms with E-state index < -0.39 is 0 Å². The molecule has 2 aromatic rings. The summed E-state index contributed by atoms with van der Waals surface area (Å²) in [6, 6.07) is 6.60. The number of nitrogens with two attached hydrogens (primary N) is 1. The molecule has 0 saturated heterocycles. The Morgan fingerprint density at radius 2 is 2.00 bits per heavy atom. The van der Waals surface area contributed by atoms with Crippen LogP contribution in [0.25, 0.3) is 11.0 Å². The molecule has 3 nitrogen and oxygen atoms in total. The second kappa shape index (κ2) is 3.83. The number of imidazole rings is 1. The zero-order valence-corrected chi connectivity index (χ0v) is 11.5. The second-order valence-corrected chi connectivity index (χ2v) is 6.37. The topological polar surface area (TPSA) is 43.8 Å². The van der Waals surface area contributed by atoms with E-state index in [1.54, 1.807) is 0 Å². The number of nitrogens with zero attached hydrogens (tertiary/aromatic N) is 2. The highest BCUT2D eigenvalue weighted by molar-refractivity contribution is 5.77. The quantitative estimate of drug-likeness (QED) is 0.895. The van der Waals surface area contributed by atoms with Crippen molar-refractivity contribution in [3.8, 4) is 0 Å². The van der Waals surface area contributed by atoms with E-state index in [-0.39, 0.29) is 5.54 Å². The van der Waals surface area contributed by atoms with Crippen molar-refractivity contribution in [3.05, 3.63) is 29.6 Å². The Hall–Kier alpha value is -1.35. The summed E-state index contributed by atoms with van der Waals surface area (Å²) in [4.78, 5) is 4.90. The van der Waals surface area contributed by atoms with Crippen LogP contribution in [0.2, 0.25) is 0 Å². The van der Waals surface area contributed by atoms with Crippen LogP contribution in [0.1, 0.15) is 55.8 Å². The van der Waals surface area contributed by atoms with Crippen molar-refractivity contribution in [2.24, 2.45) is 12.8 Å². The van der Waals surface area contributed by atoms with Crippen LogP contribution in [-0.4, -0.2) is 9.55 Å². The molecule has 1 aromatic carbocycles. The first-order valence-electron chi connectivity index (χ1n) is 7.43. The molecule has 2 saturated carbocycles. The predicted molar refractivity (Wildman–Crippen MR) is 77.0 cm³/mol. The van der Waals surface area contributed by atoms with E-state index in [9.17, 15) is 0 Å². The highest BCUT2D eigenvalue weighted by Crippen LogP contribution is 2.43. The first-order chi connectivity index (χ1) is 9.17. The summed E-state index contributed by atoms with van der Waals surface area (Å²) in [6.07, 6.45) is 7.52. The highest BCUT2D eigenvalue weighted by atomic mass is 15.1. The van der Waals surface area contributed by atoms with Crippen LogP contribution >= 0.6 is 0 Å². The number of rotatable bonds is 2. The number of hydrogen-bond acceptors (Lipinski definition) is 2. The van der Waals surface area contributed by atoms with Crippen LogP contribution in [0.5, 0.6) is 0 Å². The maximum Gasteiger partial charge on any atom is 0.112 e. The van der Waals surface area contributed by atoms with Gasteiger partial charge in [0.1, 0.15) is 5.82 Å². The third-order valence-electron chi connectivity index (χ3n) is 5.00. The molecule has 0 atom stereocenters. The fraction of sp³-hybridized carbons (Fsp3) is 0.562. The largest absolute Gasteiger partial charge is 0.331 e. The lowest BCUT2D eigenvalue weighted by atomic mass is 10.1. The van der Waals surface area contributed by atoms with Crippen molar-refractivity contribution in [2.45, 2.75) is 50.0 Å². The monoisotopic (exact) mass is 255 g/mol. The number of benzene rings is 1. The molecule has 2 fully saturated rings. The first-order valence-corrected chi connectivity index (χ1v) is 7.43. The van der Waals surface area contributed by atoms with E-state index in [1.165, 1.54) is 42.6 Å². The average molecular weight is 255 g/mol. The number of fused-ring (bicyclic) bond motifs is 1. The smallest absolute Gasteiger partial charge is 0.112 e. The van der Waals surface area contributed by atoms with Gasteiger partial charge in [0.15, 0.2) is 0 Å². The minimum Gasteiger partial charge on any atom is -0.331 e. The number of hydrogen-bond donors (Lipinski definition) is 1. The molecule has 2 aliphatic carbocycles. The van der Waals surface area contributed by atoms with Gasteiger partial charge in [0.25, 0.3) is 0 Å². The van der Waals surface area contributed by atoms with E-state index in [0.29, 0.717) is 5.92 Å². The fourth-order valence-electron chi connectivity index (χ4n) is 3.50. The van der Waals surface area contributed by atoms with Crippen LogP contribution in [0.3, 0.4) is 0 Å². The van der Waals surface area contributed by atoms with E-state index in [2.05, 4.69) is 29.8 Å². The molecule has 0 spiro atoms. The van der Waals surface area contributed by atoms with Crippen molar-refractivity contribution < 1.29 is 0 Å². The maximum absolute atomic E-state index is 6.29. The van der Waals surface area contributed by atoms with E-state index in [4.69, 9.17) is 10.7 Å². The second-order valence-electron chi connectivity index (χ2n) is 6.37. The summed E-state index contributed by atoms with van der Waals surface area (Å²) < 4.78 is 2.28. The van der Waals surface area contributed by atoms with Crippen LogP contribution < -0.4 is 5.73 Å². The zero-order valence-electron chi connectivity index (χ0n) is 11.5. The number of aryl methyl sites for hydroxylation is 1. The summed E-state index contributed by atoms with van der Waals surface area (Å²) in [5.41, 5.74) is 9.86. The molecule has 0 amide bonds. The van der Waals surface area contributed by atoms with E-state index in [1.807, 2.05) is 0 Å². The summed E-state index contributed by atoms with van der Waals surface area (Å²) in [5.74, 6) is 1.93. The maximum atomic E-state index is 6.29. The molecule has 19 heavy (non-hydrogen) atoms. The Kier molecular flexibility index (Phi) is 2.31. The average Bonchev–Trinajstić information content (AvgIpc) is 2.87. The molecule has 1 aromatic heterocycles. The summed E-state index contributed by atoms with van der Waals surface area (Å²) >= 11 is 0. The minimum absolute atomic E-state index is 0.0563. The molecule has 4 rings (SSSR count). The van der Waals surface area contributed by atoms with Crippen LogP contribution in [0.15, 0.2) is 18.2 Å². The minimum atomic E-state index is -0.0563. The molecule has 0 radical (unpaired) electrons. The molecule has 2 aliphatic rings. The fourth-order valence-corrected chi connectivity index (χ4v) is 3.50. The van der Waals surface area contributed by atoms with E-state index >= 15 is 0 Å². The van der Waals surface area contributed by atoms with Crippen LogP contribution in [0.4, 0.5) is 0 Å². The molecule has 3 heteroatoms. The highest BCUT2D eigenvalue weighted by Gasteiger charge is 2.40. The Morgan fingerprint density at radius 3 is 2.68 bits per heavy atom. The third kappa shape index (κ3) is 1.71. The number of aromatic nitrogens is 2. The van der Waals surface area contributed by atoms with Gasteiger partial charge in [-0.2, -0.15) is 0 Å². The normalized spacial score (nSPS) is 22.2. The van der Waals surface area contributed by atoms with Crippen molar-refractivity contribution in [3.63, 3.8) is 0 Å². The lowest BCUT2D eigenvalue weighted by molar-refractivity contribution is 0.639. The lowest BCUT2D eigenvalue weighted by Gasteiger charge is -2.09. The Morgan fingerprint density at radius 1 is 1.26 bits per heavy atom.